The summed E-state index contributed by atoms with van der Waals surface area (Å²) in [6, 6.07) is 0. The molecule has 1 fully saturated rings. The van der Waals surface area contributed by atoms with Crippen LogP contribution in [0.1, 0.15) is 20.8 Å². The van der Waals surface area contributed by atoms with Crippen molar-refractivity contribution < 1.29 is 9.32 Å². The minimum absolute atomic E-state index is 0.130. The largest absolute Gasteiger partial charge is 0.391 e. The first-order valence-corrected chi connectivity index (χ1v) is 6.14. The van der Waals surface area contributed by atoms with Crippen LogP contribution in [-0.4, -0.2) is 38.1 Å². The van der Waals surface area contributed by atoms with Crippen molar-refractivity contribution in [3.63, 3.8) is 0 Å². The van der Waals surface area contributed by atoms with Gasteiger partial charge in [0.05, 0.1) is 11.4 Å². The van der Waals surface area contributed by atoms with Crippen molar-refractivity contribution in [1.82, 2.24) is 4.31 Å². The molecule has 3 unspecified atom stereocenters. The van der Waals surface area contributed by atoms with E-state index in [0.29, 0.717) is 13.1 Å². The lowest BCUT2D eigenvalue weighted by Gasteiger charge is -2.21. The number of aliphatic hydroxyl groups is 1. The van der Waals surface area contributed by atoms with E-state index in [1.54, 1.807) is 18.2 Å². The van der Waals surface area contributed by atoms with Crippen molar-refractivity contribution in [2.24, 2.45) is 5.92 Å². The van der Waals surface area contributed by atoms with E-state index in [4.69, 9.17) is 4.78 Å². The number of rotatable bonds is 2. The molecule has 5 heteroatoms. The third kappa shape index (κ3) is 2.03. The molecule has 0 radical (unpaired) electrons. The minimum Gasteiger partial charge on any atom is -0.391 e. The molecule has 1 aliphatic heterocycles. The third-order valence-corrected chi connectivity index (χ3v) is 4.90. The molecule has 0 aliphatic carbocycles. The second-order valence-corrected chi connectivity index (χ2v) is 6.61. The van der Waals surface area contributed by atoms with Crippen LogP contribution in [0.2, 0.25) is 0 Å². The highest BCUT2D eigenvalue weighted by Crippen LogP contribution is 2.21. The van der Waals surface area contributed by atoms with Crippen LogP contribution in [-0.2, 0) is 9.92 Å². The Kier molecular flexibility index (Phi) is 2.99. The Hall–Kier alpha value is -0.130. The lowest BCUT2D eigenvalue weighted by atomic mass is 10.1. The summed E-state index contributed by atoms with van der Waals surface area (Å²) >= 11 is 0. The molecule has 2 N–H and O–H groups in total. The summed E-state index contributed by atoms with van der Waals surface area (Å²) in [5.74, 6) is 0.130. The zero-order valence-corrected chi connectivity index (χ0v) is 9.17. The average Bonchev–Trinajstić information content (AvgIpc) is 2.32. The number of nitrogens with zero attached hydrogens (tertiary/aromatic N) is 1. The van der Waals surface area contributed by atoms with E-state index in [2.05, 4.69) is 0 Å². The molecule has 0 saturated carbocycles. The van der Waals surface area contributed by atoms with E-state index < -0.39 is 16.0 Å². The third-order valence-electron chi connectivity index (χ3n) is 2.56. The number of hydrogen-bond acceptors (Lipinski definition) is 3. The molecule has 0 amide bonds. The molecule has 0 aromatic heterocycles. The lowest BCUT2D eigenvalue weighted by Crippen LogP contribution is -2.34. The van der Waals surface area contributed by atoms with E-state index in [-0.39, 0.29) is 11.2 Å². The highest BCUT2D eigenvalue weighted by atomic mass is 32.2. The average molecular weight is 206 g/mol. The summed E-state index contributed by atoms with van der Waals surface area (Å²) in [5.41, 5.74) is 0. The van der Waals surface area contributed by atoms with Gasteiger partial charge in [0.25, 0.3) is 0 Å². The number of nitrogens with one attached hydrogen (secondary N) is 1. The molecule has 0 aromatic carbocycles. The molecule has 1 saturated heterocycles. The Morgan fingerprint density at radius 2 is 2.08 bits per heavy atom. The van der Waals surface area contributed by atoms with Gasteiger partial charge in [-0.1, -0.05) is 6.92 Å². The fourth-order valence-electron chi connectivity index (χ4n) is 1.43. The van der Waals surface area contributed by atoms with Crippen molar-refractivity contribution in [3.8, 4) is 0 Å². The molecule has 0 aromatic rings. The van der Waals surface area contributed by atoms with Crippen LogP contribution < -0.4 is 0 Å². The summed E-state index contributed by atoms with van der Waals surface area (Å²) < 4.78 is 21.2. The van der Waals surface area contributed by atoms with Crippen LogP contribution >= 0.6 is 0 Å². The van der Waals surface area contributed by atoms with Crippen molar-refractivity contribution in [3.05, 3.63) is 0 Å². The first-order valence-electron chi connectivity index (χ1n) is 4.56. The van der Waals surface area contributed by atoms with Gasteiger partial charge in [-0.25, -0.2) is 13.3 Å². The molecule has 1 aliphatic rings. The number of aliphatic hydroxyl groups excluding tert-OH is 1. The van der Waals surface area contributed by atoms with Gasteiger partial charge in [-0.05, 0) is 19.8 Å². The standard InChI is InChI=1S/C8H18N2O2S/c1-6(2)13(9,12)10-4-7(3)8(11)5-10/h6-9,11H,4-5H2,1-3H3. The van der Waals surface area contributed by atoms with Gasteiger partial charge in [0.1, 0.15) is 9.92 Å². The molecule has 0 spiro atoms. The number of β-amino-alcohol motifs (C(OH)–C–C–N with tert-alkyl or cyclic N) is 1. The maximum absolute atomic E-state index is 11.9. The zero-order chi connectivity index (χ0) is 10.2. The molecule has 13 heavy (non-hydrogen) atoms. The van der Waals surface area contributed by atoms with Crippen LogP contribution in [0, 0.1) is 10.7 Å². The van der Waals surface area contributed by atoms with Gasteiger partial charge in [-0.2, -0.15) is 0 Å². The van der Waals surface area contributed by atoms with Crippen LogP contribution in [0.3, 0.4) is 0 Å². The molecular formula is C8H18N2O2S. The molecule has 1 heterocycles. The summed E-state index contributed by atoms with van der Waals surface area (Å²) in [7, 11) is -2.67. The van der Waals surface area contributed by atoms with Gasteiger partial charge < -0.3 is 5.11 Å². The fourth-order valence-corrected chi connectivity index (χ4v) is 2.85. The summed E-state index contributed by atoms with van der Waals surface area (Å²) in [6.45, 7) is 6.43. The summed E-state index contributed by atoms with van der Waals surface area (Å²) in [6.07, 6.45) is -0.426. The van der Waals surface area contributed by atoms with E-state index in [9.17, 15) is 9.32 Å². The maximum Gasteiger partial charge on any atom is 0.110 e. The zero-order valence-electron chi connectivity index (χ0n) is 8.36. The molecule has 3 atom stereocenters. The normalized spacial score (nSPS) is 35.2. The smallest absolute Gasteiger partial charge is 0.110 e. The second-order valence-electron chi connectivity index (χ2n) is 4.01. The fraction of sp³-hybridized carbons (Fsp3) is 1.00. The van der Waals surface area contributed by atoms with E-state index in [1.165, 1.54) is 0 Å². The predicted octanol–water partition coefficient (Wildman–Crippen LogP) is 0.669. The van der Waals surface area contributed by atoms with Crippen molar-refractivity contribution in [2.45, 2.75) is 32.1 Å². The van der Waals surface area contributed by atoms with Crippen LogP contribution in [0.15, 0.2) is 0 Å². The monoisotopic (exact) mass is 206 g/mol. The Balaban J connectivity index is 2.77. The first kappa shape index (κ1) is 10.9. The van der Waals surface area contributed by atoms with E-state index in [1.807, 2.05) is 6.92 Å². The first-order chi connectivity index (χ1) is 5.85. The van der Waals surface area contributed by atoms with Crippen LogP contribution in [0.4, 0.5) is 0 Å². The highest BCUT2D eigenvalue weighted by Gasteiger charge is 2.34. The summed E-state index contributed by atoms with van der Waals surface area (Å²) in [4.78, 5) is 0. The topological polar surface area (TPSA) is 64.4 Å². The molecule has 0 bridgehead atoms. The Labute approximate surface area is 80.0 Å². The van der Waals surface area contributed by atoms with Gasteiger partial charge in [-0.15, -0.1) is 0 Å². The Morgan fingerprint density at radius 1 is 1.54 bits per heavy atom. The van der Waals surface area contributed by atoms with Gasteiger partial charge in [0.2, 0.25) is 0 Å². The van der Waals surface area contributed by atoms with Crippen molar-refractivity contribution in [1.29, 1.82) is 4.78 Å². The minimum atomic E-state index is -2.67. The number of hydrogen-bond donors (Lipinski definition) is 2. The van der Waals surface area contributed by atoms with Gasteiger partial charge in [0, 0.05) is 13.1 Å². The highest BCUT2D eigenvalue weighted by molar-refractivity contribution is 7.90. The van der Waals surface area contributed by atoms with Crippen LogP contribution in [0.25, 0.3) is 0 Å². The molecule has 4 nitrogen and oxygen atoms in total. The maximum atomic E-state index is 11.9. The van der Waals surface area contributed by atoms with Crippen LogP contribution in [0.5, 0.6) is 0 Å². The molecule has 1 rings (SSSR count). The Morgan fingerprint density at radius 3 is 2.38 bits per heavy atom. The van der Waals surface area contributed by atoms with Gasteiger partial charge in [-0.3, -0.25) is 0 Å². The van der Waals surface area contributed by atoms with E-state index in [0.717, 1.165) is 0 Å². The predicted molar refractivity (Wildman–Crippen MR) is 52.7 cm³/mol. The van der Waals surface area contributed by atoms with E-state index >= 15 is 0 Å². The van der Waals surface area contributed by atoms with Crippen molar-refractivity contribution in [2.75, 3.05) is 13.1 Å². The lowest BCUT2D eigenvalue weighted by molar-refractivity contribution is 0.153. The SMILES string of the molecule is CC1CN(S(=N)(=O)C(C)C)CC1O. The molecule has 78 valence electrons. The van der Waals surface area contributed by atoms with Crippen molar-refractivity contribution >= 4 is 9.92 Å². The van der Waals surface area contributed by atoms with Gasteiger partial charge >= 0.3 is 0 Å². The van der Waals surface area contributed by atoms with Gasteiger partial charge in [0.15, 0.2) is 0 Å². The quantitative estimate of drug-likeness (QED) is 0.697. The molecular weight excluding hydrogens is 188 g/mol. The Bertz CT molecular complexity index is 264. The second kappa shape index (κ2) is 3.55. The summed E-state index contributed by atoms with van der Waals surface area (Å²) in [5, 5.41) is 9.29.